The van der Waals surface area contributed by atoms with E-state index < -0.39 is 12.1 Å². The van der Waals surface area contributed by atoms with Crippen LogP contribution in [0.5, 0.6) is 0 Å². The zero-order valence-electron chi connectivity index (χ0n) is 44.0. The summed E-state index contributed by atoms with van der Waals surface area (Å²) in [6.07, 6.45) is 64.9. The van der Waals surface area contributed by atoms with E-state index in [4.69, 9.17) is 4.74 Å². The number of carbonyl (C=O) groups excluding carboxylic acids is 2. The summed E-state index contributed by atoms with van der Waals surface area (Å²) < 4.78 is 5.46. The molecular weight excluding hydrogens is 803 g/mol. The molecule has 0 aliphatic carbocycles. The van der Waals surface area contributed by atoms with Crippen LogP contribution in [0, 0.1) is 0 Å². The first-order chi connectivity index (χ1) is 32.0. The Labute approximate surface area is 406 Å². The number of esters is 1. The fraction of sp³-hybridized carbons (Fsp3) is 0.932. The van der Waals surface area contributed by atoms with E-state index in [0.717, 1.165) is 64.2 Å². The maximum atomic E-state index is 12.5. The summed E-state index contributed by atoms with van der Waals surface area (Å²) in [7, 11) is 0. The van der Waals surface area contributed by atoms with Crippen LogP contribution in [0.25, 0.3) is 0 Å². The van der Waals surface area contributed by atoms with Crippen molar-refractivity contribution in [3.63, 3.8) is 0 Å². The highest BCUT2D eigenvalue weighted by Gasteiger charge is 2.20. The summed E-state index contributed by atoms with van der Waals surface area (Å²) in [5, 5.41) is 23.3. The first-order valence-electron chi connectivity index (χ1n) is 29.4. The first kappa shape index (κ1) is 63.6. The molecule has 6 heteroatoms. The molecule has 0 fully saturated rings. The Morgan fingerprint density at radius 1 is 0.415 bits per heavy atom. The maximum Gasteiger partial charge on any atom is 0.305 e. The molecule has 386 valence electrons. The number of aliphatic hydroxyl groups excluding tert-OH is 2. The molecule has 6 nitrogen and oxygen atoms in total. The van der Waals surface area contributed by atoms with Crippen LogP contribution in [0.2, 0.25) is 0 Å². The molecule has 2 unspecified atom stereocenters. The smallest absolute Gasteiger partial charge is 0.305 e. The van der Waals surface area contributed by atoms with E-state index >= 15 is 0 Å². The van der Waals surface area contributed by atoms with Crippen LogP contribution in [-0.2, 0) is 14.3 Å². The molecule has 65 heavy (non-hydrogen) atoms. The number of carbonyl (C=O) groups is 2. The largest absolute Gasteiger partial charge is 0.466 e. The van der Waals surface area contributed by atoms with Crippen molar-refractivity contribution in [2.75, 3.05) is 13.2 Å². The van der Waals surface area contributed by atoms with E-state index in [1.54, 1.807) is 0 Å². The number of unbranched alkanes of at least 4 members (excludes halogenated alkanes) is 42. The summed E-state index contributed by atoms with van der Waals surface area (Å²) in [4.78, 5) is 24.5. The second kappa shape index (κ2) is 55.2. The summed E-state index contributed by atoms with van der Waals surface area (Å²) >= 11 is 0. The topological polar surface area (TPSA) is 95.9 Å². The lowest BCUT2D eigenvalue weighted by Crippen LogP contribution is -2.45. The van der Waals surface area contributed by atoms with Crippen LogP contribution in [0.1, 0.15) is 328 Å². The van der Waals surface area contributed by atoms with Gasteiger partial charge in [0, 0.05) is 12.8 Å². The Morgan fingerprint density at radius 3 is 1.09 bits per heavy atom. The summed E-state index contributed by atoms with van der Waals surface area (Å²) in [5.41, 5.74) is 0. The van der Waals surface area contributed by atoms with Gasteiger partial charge in [0.1, 0.15) is 0 Å². The van der Waals surface area contributed by atoms with Crippen molar-refractivity contribution in [1.82, 2.24) is 5.32 Å². The second-order valence-corrected chi connectivity index (χ2v) is 20.3. The Balaban J connectivity index is 3.46. The van der Waals surface area contributed by atoms with Gasteiger partial charge in [-0.25, -0.2) is 0 Å². The maximum absolute atomic E-state index is 12.5. The number of hydrogen-bond donors (Lipinski definition) is 3. The second-order valence-electron chi connectivity index (χ2n) is 20.3. The van der Waals surface area contributed by atoms with Gasteiger partial charge in [0.05, 0.1) is 25.4 Å². The van der Waals surface area contributed by atoms with Crippen molar-refractivity contribution in [2.24, 2.45) is 0 Å². The zero-order valence-corrected chi connectivity index (χ0v) is 44.0. The van der Waals surface area contributed by atoms with Gasteiger partial charge < -0.3 is 20.3 Å². The molecule has 0 spiro atoms. The molecule has 0 radical (unpaired) electrons. The van der Waals surface area contributed by atoms with Gasteiger partial charge in [-0.1, -0.05) is 276 Å². The van der Waals surface area contributed by atoms with E-state index in [1.165, 1.54) is 231 Å². The molecule has 2 atom stereocenters. The predicted octanol–water partition coefficient (Wildman–Crippen LogP) is 18.1. The number of amides is 1. The molecule has 0 heterocycles. The Bertz CT molecular complexity index is 970. The fourth-order valence-electron chi connectivity index (χ4n) is 9.28. The van der Waals surface area contributed by atoms with Gasteiger partial charge in [-0.3, -0.25) is 9.59 Å². The minimum absolute atomic E-state index is 0.00135. The molecule has 0 aliphatic heterocycles. The number of hydrogen-bond acceptors (Lipinski definition) is 5. The molecule has 0 aromatic carbocycles. The third kappa shape index (κ3) is 51.8. The Kier molecular flexibility index (Phi) is 54.0. The molecule has 0 aromatic heterocycles. The lowest BCUT2D eigenvalue weighted by atomic mass is 10.0. The van der Waals surface area contributed by atoms with Crippen LogP contribution >= 0.6 is 0 Å². The number of aliphatic hydroxyl groups is 2. The van der Waals surface area contributed by atoms with E-state index in [-0.39, 0.29) is 18.5 Å². The highest BCUT2D eigenvalue weighted by Crippen LogP contribution is 2.17. The van der Waals surface area contributed by atoms with Crippen molar-refractivity contribution in [3.05, 3.63) is 12.2 Å². The normalized spacial score (nSPS) is 12.6. The van der Waals surface area contributed by atoms with Gasteiger partial charge in [0.15, 0.2) is 0 Å². The molecule has 3 N–H and O–H groups in total. The molecule has 0 bridgehead atoms. The number of rotatable bonds is 55. The van der Waals surface area contributed by atoms with Crippen molar-refractivity contribution in [2.45, 2.75) is 341 Å². The van der Waals surface area contributed by atoms with Gasteiger partial charge in [0.25, 0.3) is 0 Å². The van der Waals surface area contributed by atoms with Gasteiger partial charge in [0.2, 0.25) is 5.91 Å². The van der Waals surface area contributed by atoms with Crippen LogP contribution in [0.4, 0.5) is 0 Å². The third-order valence-electron chi connectivity index (χ3n) is 13.8. The lowest BCUT2D eigenvalue weighted by Gasteiger charge is -2.22. The fourth-order valence-corrected chi connectivity index (χ4v) is 9.28. The van der Waals surface area contributed by atoms with Crippen molar-refractivity contribution in [3.8, 4) is 0 Å². The van der Waals surface area contributed by atoms with E-state index in [2.05, 4.69) is 31.3 Å². The highest BCUT2D eigenvalue weighted by molar-refractivity contribution is 5.76. The van der Waals surface area contributed by atoms with Crippen LogP contribution in [0.3, 0.4) is 0 Å². The van der Waals surface area contributed by atoms with Crippen LogP contribution in [-0.4, -0.2) is 47.4 Å². The lowest BCUT2D eigenvalue weighted by molar-refractivity contribution is -0.143. The van der Waals surface area contributed by atoms with Crippen molar-refractivity contribution < 1.29 is 24.5 Å². The molecule has 0 aromatic rings. The van der Waals surface area contributed by atoms with E-state index in [9.17, 15) is 19.8 Å². The van der Waals surface area contributed by atoms with Gasteiger partial charge in [-0.2, -0.15) is 0 Å². The molecule has 0 saturated heterocycles. The molecule has 0 saturated carbocycles. The molecule has 0 rings (SSSR count). The summed E-state index contributed by atoms with van der Waals surface area (Å²) in [6, 6.07) is -0.553. The van der Waals surface area contributed by atoms with Gasteiger partial charge in [-0.15, -0.1) is 0 Å². The number of nitrogens with one attached hydrogen (secondary N) is 1. The quantitative estimate of drug-likeness (QED) is 0.0321. The predicted molar refractivity (Wildman–Crippen MR) is 283 cm³/mol. The molecule has 0 aliphatic rings. The summed E-state index contributed by atoms with van der Waals surface area (Å²) in [5.74, 6) is -0.0501. The minimum atomic E-state index is -0.674. The van der Waals surface area contributed by atoms with Crippen molar-refractivity contribution in [1.29, 1.82) is 0 Å². The van der Waals surface area contributed by atoms with Crippen LogP contribution in [0.15, 0.2) is 12.2 Å². The first-order valence-corrected chi connectivity index (χ1v) is 29.4. The van der Waals surface area contributed by atoms with Gasteiger partial charge >= 0.3 is 5.97 Å². The molecular formula is C59H115NO5. The monoisotopic (exact) mass is 918 g/mol. The average molecular weight is 919 g/mol. The molecule has 1 amide bonds. The Morgan fingerprint density at radius 2 is 0.723 bits per heavy atom. The third-order valence-corrected chi connectivity index (χ3v) is 13.8. The standard InChI is InChI=1S/C59H115NO5/c1-3-5-7-9-11-13-15-17-18-19-20-21-22-25-28-31-35-39-43-47-51-57(62)56(55-61)60-58(63)52-48-44-40-36-32-29-26-23-24-27-30-34-38-42-46-50-54-65-59(64)53-49-45-41-37-33-16-14-12-10-8-6-4-2/h23,26,56-57,61-62H,3-22,24-25,27-55H2,1-2H3,(H,60,63)/b26-23-. The van der Waals surface area contributed by atoms with Crippen LogP contribution < -0.4 is 5.32 Å². The number of allylic oxidation sites excluding steroid dienone is 2. The zero-order chi connectivity index (χ0) is 47.2. The highest BCUT2D eigenvalue weighted by atomic mass is 16.5. The average Bonchev–Trinajstić information content (AvgIpc) is 3.31. The van der Waals surface area contributed by atoms with Gasteiger partial charge in [-0.05, 0) is 51.4 Å². The summed E-state index contributed by atoms with van der Waals surface area (Å²) in [6.45, 7) is 4.95. The Hall–Kier alpha value is -1.40. The SMILES string of the molecule is CCCCCCCCCCCCCCCCCCCCCCC(O)C(CO)NC(=O)CCCCCCC/C=C\CCCCCCCCCOC(=O)CCCCCCCCCCCCCC. The van der Waals surface area contributed by atoms with E-state index in [0.29, 0.717) is 25.9 Å². The van der Waals surface area contributed by atoms with E-state index in [1.807, 2.05) is 0 Å². The minimum Gasteiger partial charge on any atom is -0.466 e. The number of ether oxygens (including phenoxy) is 1. The van der Waals surface area contributed by atoms with Crippen molar-refractivity contribution >= 4 is 11.9 Å².